The van der Waals surface area contributed by atoms with Crippen LogP contribution in [0.2, 0.25) is 5.02 Å². The Labute approximate surface area is 143 Å². The molecule has 1 aromatic heterocycles. The Hall–Kier alpha value is -2.66. The molecule has 2 aromatic carbocycles. The van der Waals surface area contributed by atoms with Crippen molar-refractivity contribution in [3.8, 4) is 5.69 Å². The van der Waals surface area contributed by atoms with E-state index in [4.69, 9.17) is 11.6 Å². The van der Waals surface area contributed by atoms with Crippen molar-refractivity contribution in [2.24, 2.45) is 0 Å². The van der Waals surface area contributed by atoms with E-state index in [1.807, 2.05) is 12.1 Å². The largest absolute Gasteiger partial charge is 0.348 e. The number of rotatable bonds is 4. The minimum atomic E-state index is -0.315. The molecule has 1 amide bonds. The number of hydrogen-bond acceptors (Lipinski definition) is 2. The predicted molar refractivity (Wildman–Crippen MR) is 90.9 cm³/mol. The maximum absolute atomic E-state index is 13.0. The highest BCUT2D eigenvalue weighted by Crippen LogP contribution is 2.15. The zero-order valence-corrected chi connectivity index (χ0v) is 13.7. The second-order valence-electron chi connectivity index (χ2n) is 5.34. The molecule has 0 radical (unpaired) electrons. The fourth-order valence-corrected chi connectivity index (χ4v) is 2.48. The highest BCUT2D eigenvalue weighted by molar-refractivity contribution is 6.30. The smallest absolute Gasteiger partial charge is 0.255 e. The van der Waals surface area contributed by atoms with E-state index >= 15 is 0 Å². The summed E-state index contributed by atoms with van der Waals surface area (Å²) >= 11 is 5.84. The van der Waals surface area contributed by atoms with Gasteiger partial charge in [0.2, 0.25) is 0 Å². The standard InChI is InChI=1S/C18H15ClFN3O/c1-12-17(11-22-23(12)16-8-6-15(20)7-9-16)18(24)21-10-13-2-4-14(19)5-3-13/h2-9,11H,10H2,1H3,(H,21,24). The molecule has 0 saturated carbocycles. The van der Waals surface area contributed by atoms with Crippen LogP contribution in [-0.4, -0.2) is 15.7 Å². The highest BCUT2D eigenvalue weighted by atomic mass is 35.5. The molecular weight excluding hydrogens is 329 g/mol. The van der Waals surface area contributed by atoms with Crippen molar-refractivity contribution < 1.29 is 9.18 Å². The molecule has 0 unspecified atom stereocenters. The molecule has 0 bridgehead atoms. The SMILES string of the molecule is Cc1c(C(=O)NCc2ccc(Cl)cc2)cnn1-c1ccc(F)cc1. The van der Waals surface area contributed by atoms with Crippen LogP contribution in [0.25, 0.3) is 5.69 Å². The summed E-state index contributed by atoms with van der Waals surface area (Å²) in [6.45, 7) is 2.20. The van der Waals surface area contributed by atoms with E-state index in [2.05, 4.69) is 10.4 Å². The van der Waals surface area contributed by atoms with Crippen LogP contribution in [0, 0.1) is 12.7 Å². The van der Waals surface area contributed by atoms with Gasteiger partial charge in [0.05, 0.1) is 23.1 Å². The summed E-state index contributed by atoms with van der Waals surface area (Å²) < 4.78 is 14.6. The van der Waals surface area contributed by atoms with Crippen molar-refractivity contribution in [1.82, 2.24) is 15.1 Å². The van der Waals surface area contributed by atoms with Gasteiger partial charge in [-0.15, -0.1) is 0 Å². The maximum Gasteiger partial charge on any atom is 0.255 e. The van der Waals surface area contributed by atoms with Crippen LogP contribution >= 0.6 is 11.6 Å². The molecule has 6 heteroatoms. The van der Waals surface area contributed by atoms with E-state index in [9.17, 15) is 9.18 Å². The molecule has 1 N–H and O–H groups in total. The molecule has 24 heavy (non-hydrogen) atoms. The van der Waals surface area contributed by atoms with Crippen molar-refractivity contribution in [3.63, 3.8) is 0 Å². The lowest BCUT2D eigenvalue weighted by Crippen LogP contribution is -2.23. The van der Waals surface area contributed by atoms with Gasteiger partial charge in [0.1, 0.15) is 5.82 Å². The molecule has 0 aliphatic carbocycles. The highest BCUT2D eigenvalue weighted by Gasteiger charge is 2.15. The summed E-state index contributed by atoms with van der Waals surface area (Å²) in [5, 5.41) is 7.73. The van der Waals surface area contributed by atoms with Crippen molar-refractivity contribution in [1.29, 1.82) is 0 Å². The van der Waals surface area contributed by atoms with Gasteiger partial charge in [-0.1, -0.05) is 23.7 Å². The Morgan fingerprint density at radius 2 is 1.83 bits per heavy atom. The molecule has 0 saturated heterocycles. The number of amides is 1. The summed E-state index contributed by atoms with van der Waals surface area (Å²) in [5.74, 6) is -0.527. The number of aromatic nitrogens is 2. The van der Waals surface area contributed by atoms with E-state index in [0.29, 0.717) is 28.5 Å². The minimum absolute atomic E-state index is 0.212. The fraction of sp³-hybridized carbons (Fsp3) is 0.111. The lowest BCUT2D eigenvalue weighted by Gasteiger charge is -2.07. The lowest BCUT2D eigenvalue weighted by atomic mass is 10.2. The second kappa shape index (κ2) is 6.84. The third-order valence-electron chi connectivity index (χ3n) is 3.69. The molecular formula is C18H15ClFN3O. The first-order valence-corrected chi connectivity index (χ1v) is 7.75. The zero-order chi connectivity index (χ0) is 17.1. The number of hydrogen-bond donors (Lipinski definition) is 1. The molecule has 3 aromatic rings. The van der Waals surface area contributed by atoms with Gasteiger partial charge in [-0.05, 0) is 48.9 Å². The quantitative estimate of drug-likeness (QED) is 0.781. The summed E-state index contributed by atoms with van der Waals surface area (Å²) in [5.41, 5.74) is 2.82. The monoisotopic (exact) mass is 343 g/mol. The van der Waals surface area contributed by atoms with Crippen molar-refractivity contribution in [2.45, 2.75) is 13.5 Å². The molecule has 0 spiro atoms. The van der Waals surface area contributed by atoms with Gasteiger partial charge in [0.15, 0.2) is 0 Å². The predicted octanol–water partition coefficient (Wildman–Crippen LogP) is 3.90. The maximum atomic E-state index is 13.0. The summed E-state index contributed by atoms with van der Waals surface area (Å²) in [6, 6.07) is 13.2. The number of carbonyl (C=O) groups is 1. The van der Waals surface area contributed by atoms with Gasteiger partial charge in [0, 0.05) is 11.6 Å². The molecule has 1 heterocycles. The van der Waals surface area contributed by atoms with E-state index in [0.717, 1.165) is 5.56 Å². The van der Waals surface area contributed by atoms with Crippen LogP contribution in [0.5, 0.6) is 0 Å². The number of benzene rings is 2. The minimum Gasteiger partial charge on any atom is -0.348 e. The van der Waals surface area contributed by atoms with Gasteiger partial charge >= 0.3 is 0 Å². The van der Waals surface area contributed by atoms with Gasteiger partial charge in [-0.3, -0.25) is 4.79 Å². The molecule has 0 aliphatic heterocycles. The number of nitrogens with zero attached hydrogens (tertiary/aromatic N) is 2. The van der Waals surface area contributed by atoms with E-state index < -0.39 is 0 Å². The lowest BCUT2D eigenvalue weighted by molar-refractivity contribution is 0.0950. The Balaban J connectivity index is 1.74. The number of nitrogens with one attached hydrogen (secondary N) is 1. The molecule has 0 fully saturated rings. The van der Waals surface area contributed by atoms with Crippen LogP contribution in [0.3, 0.4) is 0 Å². The Bertz CT molecular complexity index is 857. The number of halogens is 2. The first kappa shape index (κ1) is 16.2. The first-order chi connectivity index (χ1) is 11.5. The first-order valence-electron chi connectivity index (χ1n) is 7.38. The average Bonchev–Trinajstić information content (AvgIpc) is 2.96. The summed E-state index contributed by atoms with van der Waals surface area (Å²) in [4.78, 5) is 12.4. The van der Waals surface area contributed by atoms with Crippen molar-refractivity contribution in [2.75, 3.05) is 0 Å². The normalized spacial score (nSPS) is 10.6. The third kappa shape index (κ3) is 3.46. The summed E-state index contributed by atoms with van der Waals surface area (Å²) in [7, 11) is 0. The zero-order valence-electron chi connectivity index (χ0n) is 13.0. The van der Waals surface area contributed by atoms with E-state index in [-0.39, 0.29) is 11.7 Å². The molecule has 4 nitrogen and oxygen atoms in total. The Morgan fingerprint density at radius 1 is 1.17 bits per heavy atom. The number of carbonyl (C=O) groups excluding carboxylic acids is 1. The third-order valence-corrected chi connectivity index (χ3v) is 3.94. The van der Waals surface area contributed by atoms with Crippen LogP contribution in [0.4, 0.5) is 4.39 Å². The molecule has 0 aliphatic rings. The molecule has 3 rings (SSSR count). The Kier molecular flexibility index (Phi) is 4.62. The van der Waals surface area contributed by atoms with E-state index in [1.54, 1.807) is 35.9 Å². The van der Waals surface area contributed by atoms with Gasteiger partial charge in [-0.25, -0.2) is 9.07 Å². The Morgan fingerprint density at radius 3 is 2.50 bits per heavy atom. The average molecular weight is 344 g/mol. The topological polar surface area (TPSA) is 46.9 Å². The van der Waals surface area contributed by atoms with Crippen LogP contribution in [-0.2, 0) is 6.54 Å². The van der Waals surface area contributed by atoms with E-state index in [1.165, 1.54) is 18.3 Å². The van der Waals surface area contributed by atoms with Crippen molar-refractivity contribution >= 4 is 17.5 Å². The van der Waals surface area contributed by atoms with Crippen LogP contribution in [0.1, 0.15) is 21.6 Å². The summed E-state index contributed by atoms with van der Waals surface area (Å²) in [6.07, 6.45) is 1.51. The van der Waals surface area contributed by atoms with Gasteiger partial charge in [0.25, 0.3) is 5.91 Å². The molecule has 122 valence electrons. The van der Waals surface area contributed by atoms with Crippen LogP contribution in [0.15, 0.2) is 54.7 Å². The fourth-order valence-electron chi connectivity index (χ4n) is 2.35. The second-order valence-corrected chi connectivity index (χ2v) is 5.78. The van der Waals surface area contributed by atoms with Crippen molar-refractivity contribution in [3.05, 3.63) is 82.4 Å². The van der Waals surface area contributed by atoms with Crippen LogP contribution < -0.4 is 5.32 Å². The van der Waals surface area contributed by atoms with Gasteiger partial charge in [-0.2, -0.15) is 5.10 Å². The van der Waals surface area contributed by atoms with Gasteiger partial charge < -0.3 is 5.32 Å². The molecule has 0 atom stereocenters.